The zero-order chi connectivity index (χ0) is 21.0. The maximum absolute atomic E-state index is 13.1. The molecule has 5 nitrogen and oxygen atoms in total. The highest BCUT2D eigenvalue weighted by atomic mass is 19.4. The predicted molar refractivity (Wildman–Crippen MR) is 97.7 cm³/mol. The Labute approximate surface area is 163 Å². The van der Waals surface area contributed by atoms with E-state index in [-0.39, 0.29) is 17.4 Å². The van der Waals surface area contributed by atoms with E-state index < -0.39 is 30.1 Å². The van der Waals surface area contributed by atoms with E-state index >= 15 is 0 Å². The topological polar surface area (TPSA) is 64.1 Å². The Kier molecular flexibility index (Phi) is 5.76. The highest BCUT2D eigenvalue weighted by Crippen LogP contribution is 2.34. The number of anilines is 1. The molecule has 0 atom stereocenters. The number of carbonyl (C=O) groups is 1. The highest BCUT2D eigenvalue weighted by molar-refractivity contribution is 5.92. The molecule has 0 saturated heterocycles. The molecule has 1 heterocycles. The van der Waals surface area contributed by atoms with Gasteiger partial charge in [0.1, 0.15) is 5.82 Å². The Morgan fingerprint density at radius 2 is 1.76 bits per heavy atom. The standard InChI is InChI=1S/C20H15F4N3O2/c1-12-10-18(27-19(25-12)13-6-8-14(21)9-7-13)29-11-17(28)26-16-5-3-2-4-15(16)20(22,23)24/h2-10H,11H2,1H3,(H,26,28). The van der Waals surface area contributed by atoms with Crippen molar-refractivity contribution in [3.8, 4) is 17.3 Å². The summed E-state index contributed by atoms with van der Waals surface area (Å²) in [7, 11) is 0. The minimum absolute atomic E-state index is 0.0658. The molecular formula is C20H15F4N3O2. The summed E-state index contributed by atoms with van der Waals surface area (Å²) in [6, 6.07) is 11.6. The van der Waals surface area contributed by atoms with Crippen molar-refractivity contribution in [1.29, 1.82) is 0 Å². The second-order valence-corrected chi connectivity index (χ2v) is 6.06. The third kappa shape index (κ3) is 5.28. The van der Waals surface area contributed by atoms with E-state index in [1.165, 1.54) is 42.5 Å². The number of hydrogen-bond donors (Lipinski definition) is 1. The molecule has 0 aliphatic rings. The first-order valence-electron chi connectivity index (χ1n) is 8.43. The fourth-order valence-corrected chi connectivity index (χ4v) is 2.51. The summed E-state index contributed by atoms with van der Waals surface area (Å²) < 4.78 is 57.4. The molecule has 1 aromatic heterocycles. The number of nitrogens with one attached hydrogen (secondary N) is 1. The quantitative estimate of drug-likeness (QED) is 0.629. The lowest BCUT2D eigenvalue weighted by atomic mass is 10.1. The van der Waals surface area contributed by atoms with E-state index in [9.17, 15) is 22.4 Å². The number of para-hydroxylation sites is 1. The van der Waals surface area contributed by atoms with Crippen LogP contribution >= 0.6 is 0 Å². The number of amides is 1. The SMILES string of the molecule is Cc1cc(OCC(=O)Nc2ccccc2C(F)(F)F)nc(-c2ccc(F)cc2)n1. The van der Waals surface area contributed by atoms with Gasteiger partial charge >= 0.3 is 6.18 Å². The summed E-state index contributed by atoms with van der Waals surface area (Å²) in [5, 5.41) is 2.19. The molecular weight excluding hydrogens is 390 g/mol. The number of aromatic nitrogens is 2. The van der Waals surface area contributed by atoms with Crippen LogP contribution in [-0.2, 0) is 11.0 Å². The van der Waals surface area contributed by atoms with Crippen molar-refractivity contribution in [2.45, 2.75) is 13.1 Å². The maximum Gasteiger partial charge on any atom is 0.418 e. The van der Waals surface area contributed by atoms with Crippen LogP contribution in [0, 0.1) is 12.7 Å². The minimum atomic E-state index is -4.60. The molecule has 0 fully saturated rings. The van der Waals surface area contributed by atoms with Gasteiger partial charge < -0.3 is 10.1 Å². The molecule has 0 unspecified atom stereocenters. The molecule has 0 bridgehead atoms. The van der Waals surface area contributed by atoms with Gasteiger partial charge in [-0.1, -0.05) is 12.1 Å². The molecule has 0 radical (unpaired) electrons. The smallest absolute Gasteiger partial charge is 0.418 e. The van der Waals surface area contributed by atoms with Crippen LogP contribution in [0.25, 0.3) is 11.4 Å². The Hall–Kier alpha value is -3.49. The van der Waals surface area contributed by atoms with E-state index in [2.05, 4.69) is 15.3 Å². The third-order valence-electron chi connectivity index (χ3n) is 3.79. The molecule has 3 rings (SSSR count). The average Bonchev–Trinajstić information content (AvgIpc) is 2.66. The Morgan fingerprint density at radius 3 is 2.45 bits per heavy atom. The molecule has 2 aromatic carbocycles. The lowest BCUT2D eigenvalue weighted by molar-refractivity contribution is -0.137. The summed E-state index contributed by atoms with van der Waals surface area (Å²) in [6.45, 7) is 1.13. The van der Waals surface area contributed by atoms with Crippen LogP contribution in [0.3, 0.4) is 0 Å². The molecule has 0 aliphatic carbocycles. The van der Waals surface area contributed by atoms with Crippen LogP contribution in [-0.4, -0.2) is 22.5 Å². The number of alkyl halides is 3. The summed E-state index contributed by atoms with van der Waals surface area (Å²) in [5.74, 6) is -0.853. The van der Waals surface area contributed by atoms with Crippen molar-refractivity contribution in [3.63, 3.8) is 0 Å². The first-order chi connectivity index (χ1) is 13.7. The lowest BCUT2D eigenvalue weighted by Gasteiger charge is -2.14. The van der Waals surface area contributed by atoms with E-state index in [1.54, 1.807) is 6.92 Å². The predicted octanol–water partition coefficient (Wildman–Crippen LogP) is 4.63. The van der Waals surface area contributed by atoms with Crippen molar-refractivity contribution in [2.24, 2.45) is 0 Å². The lowest BCUT2D eigenvalue weighted by Crippen LogP contribution is -2.22. The van der Waals surface area contributed by atoms with Gasteiger partial charge in [-0.3, -0.25) is 4.79 Å². The maximum atomic E-state index is 13.1. The molecule has 0 spiro atoms. The second-order valence-electron chi connectivity index (χ2n) is 6.06. The monoisotopic (exact) mass is 405 g/mol. The first kappa shape index (κ1) is 20.2. The van der Waals surface area contributed by atoms with E-state index in [1.807, 2.05) is 0 Å². The van der Waals surface area contributed by atoms with Crippen LogP contribution in [0.15, 0.2) is 54.6 Å². The van der Waals surface area contributed by atoms with Gasteiger partial charge in [-0.25, -0.2) is 9.37 Å². The van der Waals surface area contributed by atoms with E-state index in [0.717, 1.165) is 12.1 Å². The summed E-state index contributed by atoms with van der Waals surface area (Å²) >= 11 is 0. The Bertz CT molecular complexity index is 1020. The summed E-state index contributed by atoms with van der Waals surface area (Å²) in [4.78, 5) is 20.4. The molecule has 1 amide bonds. The molecule has 29 heavy (non-hydrogen) atoms. The van der Waals surface area contributed by atoms with Gasteiger partial charge in [0.25, 0.3) is 5.91 Å². The summed E-state index contributed by atoms with van der Waals surface area (Å²) in [6.07, 6.45) is -4.60. The van der Waals surface area contributed by atoms with Crippen molar-refractivity contribution < 1.29 is 27.1 Å². The fraction of sp³-hybridized carbons (Fsp3) is 0.150. The number of aryl methyl sites for hydroxylation is 1. The van der Waals surface area contributed by atoms with Crippen LogP contribution in [0.4, 0.5) is 23.2 Å². The van der Waals surface area contributed by atoms with Gasteiger partial charge in [0.2, 0.25) is 5.88 Å². The first-order valence-corrected chi connectivity index (χ1v) is 8.43. The van der Waals surface area contributed by atoms with Gasteiger partial charge in [0, 0.05) is 17.3 Å². The fourth-order valence-electron chi connectivity index (χ4n) is 2.51. The second kappa shape index (κ2) is 8.26. The number of carbonyl (C=O) groups excluding carboxylic acids is 1. The third-order valence-corrected chi connectivity index (χ3v) is 3.79. The number of hydrogen-bond acceptors (Lipinski definition) is 4. The zero-order valence-corrected chi connectivity index (χ0v) is 15.1. The molecule has 0 aliphatic heterocycles. The zero-order valence-electron chi connectivity index (χ0n) is 15.1. The van der Waals surface area contributed by atoms with Gasteiger partial charge in [0.05, 0.1) is 11.3 Å². The van der Waals surface area contributed by atoms with E-state index in [4.69, 9.17) is 4.74 Å². The van der Waals surface area contributed by atoms with Gasteiger partial charge in [-0.15, -0.1) is 0 Å². The van der Waals surface area contributed by atoms with Gasteiger partial charge in [0.15, 0.2) is 12.4 Å². The molecule has 150 valence electrons. The van der Waals surface area contributed by atoms with Gasteiger partial charge in [-0.2, -0.15) is 18.2 Å². The Balaban J connectivity index is 1.71. The van der Waals surface area contributed by atoms with Crippen LogP contribution in [0.1, 0.15) is 11.3 Å². The largest absolute Gasteiger partial charge is 0.467 e. The normalized spacial score (nSPS) is 11.2. The molecule has 1 N–H and O–H groups in total. The number of rotatable bonds is 5. The average molecular weight is 405 g/mol. The minimum Gasteiger partial charge on any atom is -0.467 e. The molecule has 3 aromatic rings. The van der Waals surface area contributed by atoms with E-state index in [0.29, 0.717) is 11.3 Å². The van der Waals surface area contributed by atoms with Gasteiger partial charge in [-0.05, 0) is 43.3 Å². The van der Waals surface area contributed by atoms with Crippen LogP contribution < -0.4 is 10.1 Å². The molecule has 9 heteroatoms. The number of ether oxygens (including phenoxy) is 1. The molecule has 0 saturated carbocycles. The highest BCUT2D eigenvalue weighted by Gasteiger charge is 2.33. The summed E-state index contributed by atoms with van der Waals surface area (Å²) in [5.41, 5.74) is -0.232. The van der Waals surface area contributed by atoms with Crippen molar-refractivity contribution >= 4 is 11.6 Å². The number of nitrogens with zero attached hydrogens (tertiary/aromatic N) is 2. The Morgan fingerprint density at radius 1 is 1.07 bits per heavy atom. The van der Waals surface area contributed by atoms with Crippen molar-refractivity contribution in [3.05, 3.63) is 71.7 Å². The van der Waals surface area contributed by atoms with Crippen LogP contribution in [0.5, 0.6) is 5.88 Å². The van der Waals surface area contributed by atoms with Crippen molar-refractivity contribution in [2.75, 3.05) is 11.9 Å². The van der Waals surface area contributed by atoms with Crippen LogP contribution in [0.2, 0.25) is 0 Å². The number of benzene rings is 2. The van der Waals surface area contributed by atoms with Crippen molar-refractivity contribution in [1.82, 2.24) is 9.97 Å². The number of halogens is 4.